The number of hydrogen-bond donors (Lipinski definition) is 0. The Bertz CT molecular complexity index is 1160. The molecule has 4 rings (SSSR count). The van der Waals surface area contributed by atoms with Crippen molar-refractivity contribution < 1.29 is 30.9 Å². The van der Waals surface area contributed by atoms with Crippen molar-refractivity contribution >= 4 is 33.1 Å². The van der Waals surface area contributed by atoms with Gasteiger partial charge in [-0.3, -0.25) is 9.69 Å². The number of alkyl halides is 4. The van der Waals surface area contributed by atoms with Gasteiger partial charge in [-0.15, -0.1) is 0 Å². The summed E-state index contributed by atoms with van der Waals surface area (Å²) in [6.45, 7) is 2.89. The third-order valence-electron chi connectivity index (χ3n) is 5.82. The first kappa shape index (κ1) is 24.3. The largest absolute Gasteiger partial charge is 0.461 e. The zero-order valence-corrected chi connectivity index (χ0v) is 19.8. The Kier molecular flexibility index (Phi) is 7.04. The average Bonchev–Trinajstić information content (AvgIpc) is 3.15. The Morgan fingerprint density at radius 3 is 2.29 bits per heavy atom. The summed E-state index contributed by atoms with van der Waals surface area (Å²) in [6, 6.07) is 13.0. The number of ether oxygens (including phenoxy) is 1. The maximum atomic E-state index is 13.1. The van der Waals surface area contributed by atoms with Crippen LogP contribution in [0.1, 0.15) is 16.1 Å². The Labute approximate surface area is 202 Å². The molecule has 0 N–H and O–H groups in total. The van der Waals surface area contributed by atoms with Crippen LogP contribution < -0.4 is 8.57 Å². The third kappa shape index (κ3) is 5.15. The van der Waals surface area contributed by atoms with Crippen LogP contribution in [0, 0.1) is 0 Å². The van der Waals surface area contributed by atoms with Crippen molar-refractivity contribution in [2.75, 3.05) is 26.2 Å². The molecule has 2 heterocycles. The summed E-state index contributed by atoms with van der Waals surface area (Å²) in [7, 11) is 1.84. The number of aromatic nitrogens is 1. The highest BCUT2D eigenvalue weighted by atomic mass is 79.9. The number of piperazine rings is 1. The molecule has 3 aromatic rings. The summed E-state index contributed by atoms with van der Waals surface area (Å²) < 4.78 is 61.6. The first-order chi connectivity index (χ1) is 16.2. The van der Waals surface area contributed by atoms with Crippen LogP contribution in [0.15, 0.2) is 48.5 Å². The van der Waals surface area contributed by atoms with E-state index in [1.807, 2.05) is 35.9 Å². The van der Waals surface area contributed by atoms with Crippen LogP contribution in [0.4, 0.5) is 17.6 Å². The topological polar surface area (TPSA) is 46.9 Å². The van der Waals surface area contributed by atoms with E-state index in [4.69, 9.17) is 3.83 Å². The minimum absolute atomic E-state index is 0.0545. The van der Waals surface area contributed by atoms with Gasteiger partial charge in [0.05, 0.1) is 5.52 Å². The SMILES string of the molecule is Cn1c(C(=O)N2CCN(Cc3ccc(OC(F)(F)C(F)F)cc3)CC2)cc2ccc(OBr)cc21. The predicted octanol–water partition coefficient (Wildman–Crippen LogP) is 5.06. The first-order valence-electron chi connectivity index (χ1n) is 10.5. The summed E-state index contributed by atoms with van der Waals surface area (Å²) in [5, 5.41) is 0.941. The molecule has 0 bridgehead atoms. The van der Waals surface area contributed by atoms with E-state index in [1.165, 1.54) is 12.1 Å². The van der Waals surface area contributed by atoms with Gasteiger partial charge in [0, 0.05) is 51.2 Å². The zero-order valence-electron chi connectivity index (χ0n) is 18.2. The molecule has 6 nitrogen and oxygen atoms in total. The van der Waals surface area contributed by atoms with Crippen LogP contribution in [-0.2, 0) is 13.6 Å². The molecule has 34 heavy (non-hydrogen) atoms. The number of halogens is 5. The zero-order chi connectivity index (χ0) is 24.5. The Balaban J connectivity index is 1.34. The smallest absolute Gasteiger partial charge is 0.428 e. The van der Waals surface area contributed by atoms with E-state index in [0.29, 0.717) is 44.2 Å². The summed E-state index contributed by atoms with van der Waals surface area (Å²) in [5.74, 6) is 0.263. The number of hydrogen-bond acceptors (Lipinski definition) is 4. The highest BCUT2D eigenvalue weighted by Crippen LogP contribution is 2.28. The lowest BCUT2D eigenvalue weighted by Gasteiger charge is -2.34. The maximum absolute atomic E-state index is 13.1. The molecule has 0 aliphatic carbocycles. The number of rotatable bonds is 7. The number of fused-ring (bicyclic) bond motifs is 1. The van der Waals surface area contributed by atoms with E-state index >= 15 is 0 Å². The number of benzene rings is 2. The lowest BCUT2D eigenvalue weighted by molar-refractivity contribution is -0.253. The molecule has 0 spiro atoms. The molecule has 0 unspecified atom stereocenters. The number of nitrogens with zero attached hydrogens (tertiary/aromatic N) is 3. The highest BCUT2D eigenvalue weighted by molar-refractivity contribution is 9.06. The van der Waals surface area contributed by atoms with E-state index in [9.17, 15) is 22.4 Å². The molecule has 11 heteroatoms. The summed E-state index contributed by atoms with van der Waals surface area (Å²) in [6.07, 6.45) is -8.43. The molecular formula is C23H22BrF4N3O3. The van der Waals surface area contributed by atoms with Gasteiger partial charge in [0.1, 0.15) is 17.2 Å². The summed E-state index contributed by atoms with van der Waals surface area (Å²) >= 11 is 2.96. The van der Waals surface area contributed by atoms with Crippen molar-refractivity contribution in [3.63, 3.8) is 0 Å². The predicted molar refractivity (Wildman–Crippen MR) is 122 cm³/mol. The van der Waals surface area contributed by atoms with Crippen molar-refractivity contribution in [2.24, 2.45) is 7.05 Å². The Morgan fingerprint density at radius 2 is 1.68 bits per heavy atom. The molecular weight excluding hydrogens is 522 g/mol. The molecule has 1 fully saturated rings. The molecule has 182 valence electrons. The van der Waals surface area contributed by atoms with Crippen molar-refractivity contribution in [1.29, 1.82) is 0 Å². The van der Waals surface area contributed by atoms with Gasteiger partial charge in [-0.25, -0.2) is 0 Å². The lowest BCUT2D eigenvalue weighted by Crippen LogP contribution is -2.48. The Morgan fingerprint density at radius 1 is 1.03 bits per heavy atom. The van der Waals surface area contributed by atoms with Crippen molar-refractivity contribution in [2.45, 2.75) is 19.1 Å². The van der Waals surface area contributed by atoms with Gasteiger partial charge in [-0.2, -0.15) is 17.6 Å². The van der Waals surface area contributed by atoms with E-state index in [2.05, 4.69) is 25.9 Å². The number of carbonyl (C=O) groups is 1. The van der Waals surface area contributed by atoms with Gasteiger partial charge in [-0.05, 0) is 35.9 Å². The fourth-order valence-corrected chi connectivity index (χ4v) is 4.16. The monoisotopic (exact) mass is 543 g/mol. The van der Waals surface area contributed by atoms with Crippen molar-refractivity contribution in [3.05, 3.63) is 59.8 Å². The first-order valence-corrected chi connectivity index (χ1v) is 11.2. The standard InChI is InChI=1S/C23H22BrF4N3O3/c1-29-19-13-18(34-24)7-4-16(19)12-20(29)21(32)31-10-8-30(9-11-31)14-15-2-5-17(6-3-15)33-23(27,28)22(25)26/h2-7,12-13,22H,8-11,14H2,1H3. The summed E-state index contributed by atoms with van der Waals surface area (Å²) in [5.41, 5.74) is 2.30. The van der Waals surface area contributed by atoms with E-state index in [-0.39, 0.29) is 11.7 Å². The summed E-state index contributed by atoms with van der Waals surface area (Å²) in [4.78, 5) is 17.1. The quantitative estimate of drug-likeness (QED) is 0.391. The van der Waals surface area contributed by atoms with Crippen LogP contribution in [0.5, 0.6) is 11.5 Å². The molecule has 1 amide bonds. The molecule has 0 atom stereocenters. The van der Waals surface area contributed by atoms with Crippen molar-refractivity contribution in [3.8, 4) is 11.5 Å². The van der Waals surface area contributed by atoms with E-state index in [1.54, 1.807) is 17.0 Å². The van der Waals surface area contributed by atoms with Gasteiger partial charge >= 0.3 is 12.5 Å². The van der Waals surface area contributed by atoms with Crippen LogP contribution in [0.3, 0.4) is 0 Å². The van der Waals surface area contributed by atoms with Gasteiger partial charge in [0.2, 0.25) is 0 Å². The normalized spacial score (nSPS) is 15.2. The third-order valence-corrected chi connectivity index (χ3v) is 6.20. The molecule has 1 aromatic heterocycles. The van der Waals surface area contributed by atoms with Gasteiger partial charge in [0.15, 0.2) is 16.3 Å². The number of aryl methyl sites for hydroxylation is 1. The van der Waals surface area contributed by atoms with E-state index < -0.39 is 12.5 Å². The van der Waals surface area contributed by atoms with Crippen LogP contribution >= 0.6 is 16.3 Å². The molecule has 1 aliphatic rings. The van der Waals surface area contributed by atoms with Crippen LogP contribution in [0.2, 0.25) is 0 Å². The maximum Gasteiger partial charge on any atom is 0.461 e. The molecule has 0 radical (unpaired) electrons. The minimum Gasteiger partial charge on any atom is -0.428 e. The van der Waals surface area contributed by atoms with E-state index in [0.717, 1.165) is 16.5 Å². The van der Waals surface area contributed by atoms with Gasteiger partial charge in [0.25, 0.3) is 5.91 Å². The fourth-order valence-electron chi connectivity index (χ4n) is 3.96. The molecule has 0 saturated carbocycles. The average molecular weight is 544 g/mol. The fraction of sp³-hybridized carbons (Fsp3) is 0.348. The lowest BCUT2D eigenvalue weighted by atomic mass is 10.2. The number of carbonyl (C=O) groups excluding carboxylic acids is 1. The molecule has 2 aromatic carbocycles. The van der Waals surface area contributed by atoms with Gasteiger partial charge in [-0.1, -0.05) is 12.1 Å². The minimum atomic E-state index is -4.53. The second-order valence-corrected chi connectivity index (χ2v) is 8.39. The van der Waals surface area contributed by atoms with Crippen LogP contribution in [0.25, 0.3) is 10.9 Å². The second-order valence-electron chi connectivity index (χ2n) is 8.06. The van der Waals surface area contributed by atoms with Crippen molar-refractivity contribution in [1.82, 2.24) is 14.4 Å². The number of amides is 1. The molecule has 1 aliphatic heterocycles. The Hall–Kier alpha value is -2.79. The van der Waals surface area contributed by atoms with Crippen LogP contribution in [-0.4, -0.2) is 59.0 Å². The highest BCUT2D eigenvalue weighted by Gasteiger charge is 2.43. The second kappa shape index (κ2) is 9.83. The van der Waals surface area contributed by atoms with Gasteiger partial charge < -0.3 is 18.0 Å². The molecule has 1 saturated heterocycles.